The summed E-state index contributed by atoms with van der Waals surface area (Å²) in [6.45, 7) is 1.69. The molecule has 0 saturated carbocycles. The lowest BCUT2D eigenvalue weighted by molar-refractivity contribution is 0.0726. The number of benzene rings is 1. The van der Waals surface area contributed by atoms with Crippen molar-refractivity contribution >= 4 is 16.8 Å². The SMILES string of the molecule is COc1cc2[nH]cc(C(=O)N3CCCCC3)c2cc1OC. The van der Waals surface area contributed by atoms with Crippen LogP contribution in [0.5, 0.6) is 11.5 Å². The van der Waals surface area contributed by atoms with Crippen LogP contribution in [-0.4, -0.2) is 43.1 Å². The summed E-state index contributed by atoms with van der Waals surface area (Å²) in [5.41, 5.74) is 1.58. The summed E-state index contributed by atoms with van der Waals surface area (Å²) in [6.07, 6.45) is 5.17. The largest absolute Gasteiger partial charge is 0.493 e. The van der Waals surface area contributed by atoms with Crippen LogP contribution in [0.1, 0.15) is 29.6 Å². The molecule has 1 aliphatic heterocycles. The van der Waals surface area contributed by atoms with Crippen LogP contribution in [0.4, 0.5) is 0 Å². The molecule has 2 heterocycles. The Hall–Kier alpha value is -2.17. The van der Waals surface area contributed by atoms with Gasteiger partial charge in [-0.25, -0.2) is 0 Å². The fourth-order valence-corrected chi connectivity index (χ4v) is 2.89. The molecular weight excluding hydrogens is 268 g/mol. The second-order valence-electron chi connectivity index (χ2n) is 5.31. The van der Waals surface area contributed by atoms with Crippen molar-refractivity contribution in [2.45, 2.75) is 19.3 Å². The highest BCUT2D eigenvalue weighted by Gasteiger charge is 2.22. The van der Waals surface area contributed by atoms with Crippen LogP contribution in [0, 0.1) is 0 Å². The van der Waals surface area contributed by atoms with Crippen molar-refractivity contribution in [1.29, 1.82) is 0 Å². The molecule has 5 nitrogen and oxygen atoms in total. The molecule has 1 aromatic heterocycles. The van der Waals surface area contributed by atoms with Crippen LogP contribution in [-0.2, 0) is 0 Å². The molecule has 0 aliphatic carbocycles. The number of piperidine rings is 1. The Labute approximate surface area is 123 Å². The first-order chi connectivity index (χ1) is 10.2. The van der Waals surface area contributed by atoms with Gasteiger partial charge in [-0.1, -0.05) is 0 Å². The van der Waals surface area contributed by atoms with Gasteiger partial charge in [0.15, 0.2) is 11.5 Å². The maximum atomic E-state index is 12.7. The molecule has 0 radical (unpaired) electrons. The first-order valence-corrected chi connectivity index (χ1v) is 7.27. The van der Waals surface area contributed by atoms with Crippen molar-refractivity contribution in [2.75, 3.05) is 27.3 Å². The monoisotopic (exact) mass is 288 g/mol. The van der Waals surface area contributed by atoms with Crippen molar-refractivity contribution < 1.29 is 14.3 Å². The molecule has 1 saturated heterocycles. The minimum atomic E-state index is 0.0909. The summed E-state index contributed by atoms with van der Waals surface area (Å²) < 4.78 is 10.6. The number of likely N-dealkylation sites (tertiary alicyclic amines) is 1. The summed E-state index contributed by atoms with van der Waals surface area (Å²) >= 11 is 0. The van der Waals surface area contributed by atoms with Gasteiger partial charge in [0.1, 0.15) is 0 Å². The van der Waals surface area contributed by atoms with Crippen molar-refractivity contribution in [3.63, 3.8) is 0 Å². The van der Waals surface area contributed by atoms with Gasteiger partial charge in [-0.05, 0) is 25.3 Å². The molecule has 1 amide bonds. The molecule has 0 bridgehead atoms. The van der Waals surface area contributed by atoms with Gasteiger partial charge in [-0.3, -0.25) is 4.79 Å². The molecule has 3 rings (SSSR count). The molecule has 1 N–H and O–H groups in total. The Morgan fingerprint density at radius 2 is 1.76 bits per heavy atom. The zero-order valence-corrected chi connectivity index (χ0v) is 12.4. The maximum Gasteiger partial charge on any atom is 0.256 e. The third kappa shape index (κ3) is 2.44. The van der Waals surface area contributed by atoms with E-state index in [0.717, 1.165) is 36.8 Å². The number of nitrogens with zero attached hydrogens (tertiary/aromatic N) is 1. The normalized spacial score (nSPS) is 15.2. The molecule has 5 heteroatoms. The zero-order chi connectivity index (χ0) is 14.8. The second-order valence-corrected chi connectivity index (χ2v) is 5.31. The van der Waals surface area contributed by atoms with Gasteiger partial charge < -0.3 is 19.4 Å². The van der Waals surface area contributed by atoms with E-state index < -0.39 is 0 Å². The van der Waals surface area contributed by atoms with Crippen molar-refractivity contribution in [3.8, 4) is 11.5 Å². The third-order valence-corrected chi connectivity index (χ3v) is 4.06. The zero-order valence-electron chi connectivity index (χ0n) is 12.4. The van der Waals surface area contributed by atoms with Crippen molar-refractivity contribution in [3.05, 3.63) is 23.9 Å². The smallest absolute Gasteiger partial charge is 0.256 e. The number of rotatable bonds is 3. The van der Waals surface area contributed by atoms with Gasteiger partial charge in [0.05, 0.1) is 25.3 Å². The molecule has 1 fully saturated rings. The highest BCUT2D eigenvalue weighted by Crippen LogP contribution is 2.33. The number of fused-ring (bicyclic) bond motifs is 1. The Balaban J connectivity index is 2.00. The van der Waals surface area contributed by atoms with Crippen LogP contribution in [0.25, 0.3) is 10.9 Å². The molecule has 21 heavy (non-hydrogen) atoms. The number of amides is 1. The average Bonchev–Trinajstić information content (AvgIpc) is 2.96. The number of H-pyrrole nitrogens is 1. The number of aromatic amines is 1. The van der Waals surface area contributed by atoms with Crippen molar-refractivity contribution in [2.24, 2.45) is 0 Å². The highest BCUT2D eigenvalue weighted by molar-refractivity contribution is 6.07. The van der Waals surface area contributed by atoms with Gasteiger partial charge in [-0.15, -0.1) is 0 Å². The summed E-state index contributed by atoms with van der Waals surface area (Å²) in [6, 6.07) is 3.73. The van der Waals surface area contributed by atoms with E-state index in [-0.39, 0.29) is 5.91 Å². The van der Waals surface area contributed by atoms with E-state index in [0.29, 0.717) is 17.1 Å². The fourth-order valence-electron chi connectivity index (χ4n) is 2.89. The molecular formula is C16H20N2O3. The summed E-state index contributed by atoms with van der Waals surface area (Å²) in [4.78, 5) is 17.7. The second kappa shape index (κ2) is 5.68. The number of carbonyl (C=O) groups excluding carboxylic acids is 1. The van der Waals surface area contributed by atoms with E-state index in [9.17, 15) is 4.79 Å². The number of ether oxygens (including phenoxy) is 2. The Morgan fingerprint density at radius 3 is 2.43 bits per heavy atom. The number of carbonyl (C=O) groups is 1. The molecule has 0 spiro atoms. The van der Waals surface area contributed by atoms with Gasteiger partial charge in [0.2, 0.25) is 0 Å². The summed E-state index contributed by atoms with van der Waals surface area (Å²) in [5.74, 6) is 1.38. The fraction of sp³-hybridized carbons (Fsp3) is 0.438. The number of hydrogen-bond acceptors (Lipinski definition) is 3. The predicted molar refractivity (Wildman–Crippen MR) is 81.2 cm³/mol. The number of aromatic nitrogens is 1. The summed E-state index contributed by atoms with van der Waals surface area (Å²) in [5, 5.41) is 0.878. The van der Waals surface area contributed by atoms with Crippen LogP contribution < -0.4 is 9.47 Å². The first-order valence-electron chi connectivity index (χ1n) is 7.27. The number of nitrogens with one attached hydrogen (secondary N) is 1. The average molecular weight is 288 g/mol. The van der Waals surface area contributed by atoms with Crippen LogP contribution >= 0.6 is 0 Å². The van der Waals surface area contributed by atoms with Crippen LogP contribution in [0.15, 0.2) is 18.3 Å². The van der Waals surface area contributed by atoms with E-state index in [1.165, 1.54) is 6.42 Å². The lowest BCUT2D eigenvalue weighted by atomic mass is 10.1. The number of methoxy groups -OCH3 is 2. The van der Waals surface area contributed by atoms with Crippen LogP contribution in [0.2, 0.25) is 0 Å². The lowest BCUT2D eigenvalue weighted by Crippen LogP contribution is -2.35. The van der Waals surface area contributed by atoms with Gasteiger partial charge in [0, 0.05) is 30.7 Å². The van der Waals surface area contributed by atoms with Crippen LogP contribution in [0.3, 0.4) is 0 Å². The molecule has 1 aliphatic rings. The third-order valence-electron chi connectivity index (χ3n) is 4.06. The first kappa shape index (κ1) is 13.8. The molecule has 2 aromatic rings. The molecule has 112 valence electrons. The Morgan fingerprint density at radius 1 is 1.10 bits per heavy atom. The molecule has 1 aromatic carbocycles. The van der Waals surface area contributed by atoms with Crippen molar-refractivity contribution in [1.82, 2.24) is 9.88 Å². The van der Waals surface area contributed by atoms with E-state index >= 15 is 0 Å². The maximum absolute atomic E-state index is 12.7. The Kier molecular flexibility index (Phi) is 3.73. The number of hydrogen-bond donors (Lipinski definition) is 1. The van der Waals surface area contributed by atoms with E-state index in [2.05, 4.69) is 4.98 Å². The minimum absolute atomic E-state index is 0.0909. The quantitative estimate of drug-likeness (QED) is 0.945. The topological polar surface area (TPSA) is 54.6 Å². The summed E-state index contributed by atoms with van der Waals surface area (Å²) in [7, 11) is 3.20. The predicted octanol–water partition coefficient (Wildman–Crippen LogP) is 2.81. The van der Waals surface area contributed by atoms with E-state index in [1.807, 2.05) is 17.0 Å². The minimum Gasteiger partial charge on any atom is -0.493 e. The van der Waals surface area contributed by atoms with E-state index in [4.69, 9.17) is 9.47 Å². The Bertz CT molecular complexity index is 657. The van der Waals surface area contributed by atoms with Gasteiger partial charge in [-0.2, -0.15) is 0 Å². The lowest BCUT2D eigenvalue weighted by Gasteiger charge is -2.26. The molecule has 0 atom stereocenters. The van der Waals surface area contributed by atoms with Gasteiger partial charge >= 0.3 is 0 Å². The van der Waals surface area contributed by atoms with Gasteiger partial charge in [0.25, 0.3) is 5.91 Å². The highest BCUT2D eigenvalue weighted by atomic mass is 16.5. The molecule has 0 unspecified atom stereocenters. The standard InChI is InChI=1S/C16H20N2O3/c1-20-14-8-11-12(10-17-13(11)9-15(14)21-2)16(19)18-6-4-3-5-7-18/h8-10,17H,3-7H2,1-2H3. The van der Waals surface area contributed by atoms with E-state index in [1.54, 1.807) is 20.4 Å².